The zero-order valence-corrected chi connectivity index (χ0v) is 13.1. The molecule has 2 aromatic carbocycles. The van der Waals surface area contributed by atoms with Crippen LogP contribution in [0, 0.1) is 6.92 Å². The molecule has 0 aromatic heterocycles. The van der Waals surface area contributed by atoms with Crippen molar-refractivity contribution in [1.82, 2.24) is 0 Å². The molecule has 0 unspecified atom stereocenters. The summed E-state index contributed by atoms with van der Waals surface area (Å²) in [7, 11) is 0. The summed E-state index contributed by atoms with van der Waals surface area (Å²) in [5.41, 5.74) is 2.45. The van der Waals surface area contributed by atoms with Crippen LogP contribution in [-0.2, 0) is 4.74 Å². The maximum atomic E-state index is 12.2. The van der Waals surface area contributed by atoms with Crippen molar-refractivity contribution in [2.75, 3.05) is 0 Å². The molecule has 22 heavy (non-hydrogen) atoms. The number of carbonyl (C=O) groups is 1. The minimum atomic E-state index is -0.356. The van der Waals surface area contributed by atoms with E-state index in [0.717, 1.165) is 24.1 Å². The van der Waals surface area contributed by atoms with Gasteiger partial charge in [0.05, 0.1) is 11.3 Å². The van der Waals surface area contributed by atoms with Crippen LogP contribution in [0.25, 0.3) is 0 Å². The number of esters is 1. The van der Waals surface area contributed by atoms with Crippen molar-refractivity contribution in [3.63, 3.8) is 0 Å². The number of rotatable bonds is 5. The van der Waals surface area contributed by atoms with Crippen LogP contribution in [0.4, 0.5) is 5.69 Å². The molecule has 0 radical (unpaired) electrons. The standard InChI is InChI=1S/C19H21NO2/c1-3-4-10-18(20-17-8-6-5-7-9-17)22-19(21)16-13-11-15(2)12-14-16/h5-9,11-14H,3-4,10H2,1-2H3. The van der Waals surface area contributed by atoms with Crippen molar-refractivity contribution in [3.05, 3.63) is 65.7 Å². The number of hydrogen-bond acceptors (Lipinski definition) is 3. The fourth-order valence-electron chi connectivity index (χ4n) is 1.96. The number of aryl methyl sites for hydroxylation is 1. The average Bonchev–Trinajstić information content (AvgIpc) is 2.54. The molecule has 0 amide bonds. The number of ether oxygens (including phenoxy) is 1. The predicted octanol–water partition coefficient (Wildman–Crippen LogP) is 5.07. The zero-order valence-electron chi connectivity index (χ0n) is 13.1. The van der Waals surface area contributed by atoms with Crippen molar-refractivity contribution >= 4 is 17.6 Å². The molecule has 0 aliphatic rings. The fraction of sp³-hybridized carbons (Fsp3) is 0.263. The van der Waals surface area contributed by atoms with Crippen molar-refractivity contribution in [2.45, 2.75) is 33.1 Å². The van der Waals surface area contributed by atoms with E-state index >= 15 is 0 Å². The number of benzene rings is 2. The summed E-state index contributed by atoms with van der Waals surface area (Å²) < 4.78 is 5.49. The summed E-state index contributed by atoms with van der Waals surface area (Å²) in [6, 6.07) is 16.9. The molecule has 0 aliphatic carbocycles. The minimum absolute atomic E-state index is 0.356. The average molecular weight is 295 g/mol. The van der Waals surface area contributed by atoms with E-state index in [0.29, 0.717) is 17.9 Å². The van der Waals surface area contributed by atoms with E-state index in [-0.39, 0.29) is 5.97 Å². The summed E-state index contributed by atoms with van der Waals surface area (Å²) >= 11 is 0. The molecule has 0 aliphatic heterocycles. The Hall–Kier alpha value is -2.42. The summed E-state index contributed by atoms with van der Waals surface area (Å²) in [4.78, 5) is 16.7. The van der Waals surface area contributed by atoms with Crippen molar-refractivity contribution < 1.29 is 9.53 Å². The van der Waals surface area contributed by atoms with E-state index in [1.165, 1.54) is 0 Å². The van der Waals surface area contributed by atoms with Crippen LogP contribution in [0.15, 0.2) is 59.6 Å². The summed E-state index contributed by atoms with van der Waals surface area (Å²) in [5.74, 6) is 0.115. The van der Waals surface area contributed by atoms with Crippen LogP contribution in [-0.4, -0.2) is 11.9 Å². The molecule has 114 valence electrons. The van der Waals surface area contributed by atoms with Crippen LogP contribution in [0.2, 0.25) is 0 Å². The molecule has 0 bridgehead atoms. The predicted molar refractivity (Wildman–Crippen MR) is 89.7 cm³/mol. The smallest absolute Gasteiger partial charge is 0.344 e. The molecule has 0 saturated heterocycles. The zero-order chi connectivity index (χ0) is 15.8. The molecular formula is C19H21NO2. The Morgan fingerprint density at radius 2 is 1.73 bits per heavy atom. The van der Waals surface area contributed by atoms with E-state index in [1.54, 1.807) is 12.1 Å². The number of para-hydroxylation sites is 1. The lowest BCUT2D eigenvalue weighted by Crippen LogP contribution is -2.12. The van der Waals surface area contributed by atoms with Gasteiger partial charge in [0.15, 0.2) is 5.90 Å². The van der Waals surface area contributed by atoms with Gasteiger partial charge in [-0.1, -0.05) is 49.2 Å². The monoisotopic (exact) mass is 295 g/mol. The van der Waals surface area contributed by atoms with Gasteiger partial charge in [-0.2, -0.15) is 0 Å². The molecule has 2 aromatic rings. The number of carbonyl (C=O) groups excluding carboxylic acids is 1. The van der Waals surface area contributed by atoms with Crippen LogP contribution in [0.1, 0.15) is 42.1 Å². The first-order valence-corrected chi connectivity index (χ1v) is 7.60. The molecule has 0 N–H and O–H groups in total. The molecule has 3 heteroatoms. The van der Waals surface area contributed by atoms with Gasteiger partial charge in [0.25, 0.3) is 0 Å². The second-order valence-corrected chi connectivity index (χ2v) is 5.20. The Morgan fingerprint density at radius 1 is 1.05 bits per heavy atom. The van der Waals surface area contributed by atoms with Crippen molar-refractivity contribution in [1.29, 1.82) is 0 Å². The first-order valence-electron chi connectivity index (χ1n) is 7.60. The molecule has 0 fully saturated rings. The highest BCUT2D eigenvalue weighted by Gasteiger charge is 2.11. The van der Waals surface area contributed by atoms with Gasteiger partial charge in [-0.3, -0.25) is 0 Å². The van der Waals surface area contributed by atoms with E-state index in [4.69, 9.17) is 4.74 Å². The second kappa shape index (κ2) is 8.13. The van der Waals surface area contributed by atoms with E-state index in [2.05, 4.69) is 11.9 Å². The third-order valence-corrected chi connectivity index (χ3v) is 3.25. The third-order valence-electron chi connectivity index (χ3n) is 3.25. The van der Waals surface area contributed by atoms with Gasteiger partial charge in [-0.05, 0) is 37.6 Å². The molecule has 0 spiro atoms. The highest BCUT2D eigenvalue weighted by Crippen LogP contribution is 2.14. The Kier molecular flexibility index (Phi) is 5.90. The van der Waals surface area contributed by atoms with Gasteiger partial charge in [0, 0.05) is 6.42 Å². The van der Waals surface area contributed by atoms with Crippen LogP contribution in [0.5, 0.6) is 0 Å². The lowest BCUT2D eigenvalue weighted by atomic mass is 10.1. The topological polar surface area (TPSA) is 38.7 Å². The minimum Gasteiger partial charge on any atom is -0.408 e. The first kappa shape index (κ1) is 16.0. The third kappa shape index (κ3) is 4.85. The summed E-state index contributed by atoms with van der Waals surface area (Å²) in [5, 5.41) is 0. The highest BCUT2D eigenvalue weighted by atomic mass is 16.5. The number of hydrogen-bond donors (Lipinski definition) is 0. The first-order chi connectivity index (χ1) is 10.7. The molecule has 3 nitrogen and oxygen atoms in total. The SMILES string of the molecule is CCCCC(=Nc1ccccc1)OC(=O)c1ccc(C)cc1. The lowest BCUT2D eigenvalue weighted by Gasteiger charge is -2.08. The van der Waals surface area contributed by atoms with Crippen LogP contribution < -0.4 is 0 Å². The van der Waals surface area contributed by atoms with Crippen LogP contribution >= 0.6 is 0 Å². The fourth-order valence-corrected chi connectivity index (χ4v) is 1.96. The van der Waals surface area contributed by atoms with Gasteiger partial charge < -0.3 is 4.74 Å². The van der Waals surface area contributed by atoms with Crippen molar-refractivity contribution in [3.8, 4) is 0 Å². The molecular weight excluding hydrogens is 274 g/mol. The lowest BCUT2D eigenvalue weighted by molar-refractivity contribution is 0.0711. The van der Waals surface area contributed by atoms with Crippen LogP contribution in [0.3, 0.4) is 0 Å². The molecule has 0 saturated carbocycles. The number of unbranched alkanes of at least 4 members (excludes halogenated alkanes) is 1. The van der Waals surface area contributed by atoms with Gasteiger partial charge in [-0.15, -0.1) is 0 Å². The largest absolute Gasteiger partial charge is 0.408 e. The summed E-state index contributed by atoms with van der Waals surface area (Å²) in [6.07, 6.45) is 2.62. The molecule has 0 atom stereocenters. The van der Waals surface area contributed by atoms with Gasteiger partial charge in [-0.25, -0.2) is 9.79 Å². The quantitative estimate of drug-likeness (QED) is 0.438. The second-order valence-electron chi connectivity index (χ2n) is 5.20. The Morgan fingerprint density at radius 3 is 2.36 bits per heavy atom. The Labute approximate surface area is 131 Å². The van der Waals surface area contributed by atoms with Crippen molar-refractivity contribution in [2.24, 2.45) is 4.99 Å². The van der Waals surface area contributed by atoms with E-state index in [1.807, 2.05) is 49.4 Å². The maximum absolute atomic E-state index is 12.2. The highest BCUT2D eigenvalue weighted by molar-refractivity contribution is 5.98. The summed E-state index contributed by atoms with van der Waals surface area (Å²) in [6.45, 7) is 4.08. The maximum Gasteiger partial charge on any atom is 0.344 e. The number of aliphatic imine (C=N–C) groups is 1. The number of nitrogens with zero attached hydrogens (tertiary/aromatic N) is 1. The van der Waals surface area contributed by atoms with Gasteiger partial charge in [0.1, 0.15) is 0 Å². The molecule has 2 rings (SSSR count). The van der Waals surface area contributed by atoms with Gasteiger partial charge in [0.2, 0.25) is 0 Å². The van der Waals surface area contributed by atoms with Gasteiger partial charge >= 0.3 is 5.97 Å². The van der Waals surface area contributed by atoms with E-state index in [9.17, 15) is 4.79 Å². The Bertz CT molecular complexity index is 630. The molecule has 0 heterocycles. The normalized spacial score (nSPS) is 11.3. The Balaban J connectivity index is 2.14. The van der Waals surface area contributed by atoms with E-state index < -0.39 is 0 Å².